The molecule has 1 aliphatic rings. The van der Waals surface area contributed by atoms with Crippen LogP contribution < -0.4 is 16.2 Å². The Hall–Kier alpha value is -1.89. The summed E-state index contributed by atoms with van der Waals surface area (Å²) in [6.07, 6.45) is 2.12. The van der Waals surface area contributed by atoms with Crippen LogP contribution in [0.1, 0.15) is 26.7 Å². The van der Waals surface area contributed by atoms with E-state index in [1.165, 1.54) is 12.1 Å². The summed E-state index contributed by atoms with van der Waals surface area (Å²) in [5.41, 5.74) is 2.47. The molecule has 3 N–H and O–H groups in total. The summed E-state index contributed by atoms with van der Waals surface area (Å²) >= 11 is 0. The normalized spacial score (nSPS) is 14.5. The van der Waals surface area contributed by atoms with Crippen LogP contribution in [0.4, 0.5) is 17.3 Å². The molecule has 19 heavy (non-hydrogen) atoms. The molecule has 0 amide bonds. The van der Waals surface area contributed by atoms with Crippen LogP contribution in [0.15, 0.2) is 12.1 Å². The van der Waals surface area contributed by atoms with Gasteiger partial charge in [-0.05, 0) is 24.8 Å². The molecule has 7 nitrogen and oxygen atoms in total. The second-order valence-electron chi connectivity index (χ2n) is 5.22. The topological polar surface area (TPSA) is 97.3 Å². The molecule has 1 heterocycles. The van der Waals surface area contributed by atoms with Crippen molar-refractivity contribution in [3.05, 3.63) is 22.2 Å². The molecule has 0 atom stereocenters. The number of anilines is 2. The average Bonchev–Trinajstić information content (AvgIpc) is 3.19. The minimum absolute atomic E-state index is 0.0338. The predicted octanol–water partition coefficient (Wildman–Crippen LogP) is 1.90. The first-order valence-electron chi connectivity index (χ1n) is 6.41. The van der Waals surface area contributed by atoms with Gasteiger partial charge in [-0.3, -0.25) is 10.1 Å². The third-order valence-corrected chi connectivity index (χ3v) is 3.02. The van der Waals surface area contributed by atoms with Gasteiger partial charge in [0.2, 0.25) is 5.82 Å². The third kappa shape index (κ3) is 3.11. The van der Waals surface area contributed by atoms with Crippen molar-refractivity contribution in [3.8, 4) is 0 Å². The standard InChI is InChI=1S/C12H19N5O2/c1-8(2)7-16(9-3-4-9)12-10(17(18)19)5-6-11(14-12)15-13/h5-6,8-9H,3-4,7,13H2,1-2H3,(H,14,15). The molecule has 0 aromatic carbocycles. The van der Waals surface area contributed by atoms with Crippen LogP contribution in [0, 0.1) is 16.0 Å². The van der Waals surface area contributed by atoms with Crippen LogP contribution in [0.5, 0.6) is 0 Å². The zero-order valence-corrected chi connectivity index (χ0v) is 11.2. The third-order valence-electron chi connectivity index (χ3n) is 3.02. The molecule has 0 spiro atoms. The molecule has 0 bridgehead atoms. The molecule has 0 aliphatic heterocycles. The average molecular weight is 265 g/mol. The van der Waals surface area contributed by atoms with Crippen molar-refractivity contribution in [1.29, 1.82) is 0 Å². The number of pyridine rings is 1. The first-order valence-corrected chi connectivity index (χ1v) is 6.41. The Morgan fingerprint density at radius 1 is 1.58 bits per heavy atom. The van der Waals surface area contributed by atoms with Crippen LogP contribution in [0.3, 0.4) is 0 Å². The lowest BCUT2D eigenvalue weighted by Gasteiger charge is -2.25. The second kappa shape index (κ2) is 5.40. The molecular formula is C12H19N5O2. The molecule has 0 unspecified atom stereocenters. The van der Waals surface area contributed by atoms with Gasteiger partial charge in [0.25, 0.3) is 0 Å². The quantitative estimate of drug-likeness (QED) is 0.463. The Morgan fingerprint density at radius 2 is 2.26 bits per heavy atom. The summed E-state index contributed by atoms with van der Waals surface area (Å²) in [7, 11) is 0. The minimum atomic E-state index is -0.391. The van der Waals surface area contributed by atoms with Crippen molar-refractivity contribution in [1.82, 2.24) is 4.98 Å². The van der Waals surface area contributed by atoms with Crippen molar-refractivity contribution in [2.75, 3.05) is 16.9 Å². The maximum absolute atomic E-state index is 11.1. The first kappa shape index (κ1) is 13.5. The van der Waals surface area contributed by atoms with Gasteiger partial charge in [0.05, 0.1) is 4.92 Å². The van der Waals surface area contributed by atoms with Crippen LogP contribution >= 0.6 is 0 Å². The minimum Gasteiger partial charge on any atom is -0.348 e. The van der Waals surface area contributed by atoms with Gasteiger partial charge in [-0.1, -0.05) is 13.8 Å². The fourth-order valence-electron chi connectivity index (χ4n) is 2.06. The highest BCUT2D eigenvalue weighted by Gasteiger charge is 2.34. The summed E-state index contributed by atoms with van der Waals surface area (Å²) in [6.45, 7) is 4.94. The Morgan fingerprint density at radius 3 is 2.74 bits per heavy atom. The molecular weight excluding hydrogens is 246 g/mol. The number of nitrogens with two attached hydrogens (primary N) is 1. The van der Waals surface area contributed by atoms with Gasteiger partial charge in [0, 0.05) is 18.7 Å². The number of hydrazine groups is 1. The number of nitrogen functional groups attached to an aromatic ring is 1. The molecule has 0 saturated heterocycles. The Bertz CT molecular complexity index is 473. The molecule has 1 saturated carbocycles. The van der Waals surface area contributed by atoms with E-state index in [9.17, 15) is 10.1 Å². The highest BCUT2D eigenvalue weighted by molar-refractivity contribution is 5.62. The highest BCUT2D eigenvalue weighted by atomic mass is 16.6. The number of hydrogen-bond donors (Lipinski definition) is 2. The van der Waals surface area contributed by atoms with E-state index in [0.717, 1.165) is 19.4 Å². The number of hydrogen-bond acceptors (Lipinski definition) is 6. The monoisotopic (exact) mass is 265 g/mol. The number of rotatable bonds is 6. The smallest absolute Gasteiger partial charge is 0.311 e. The molecule has 104 valence electrons. The maximum Gasteiger partial charge on any atom is 0.311 e. The largest absolute Gasteiger partial charge is 0.348 e. The van der Waals surface area contributed by atoms with E-state index in [1.54, 1.807) is 0 Å². The number of aromatic nitrogens is 1. The molecule has 0 radical (unpaired) electrons. The maximum atomic E-state index is 11.1. The second-order valence-corrected chi connectivity index (χ2v) is 5.22. The van der Waals surface area contributed by atoms with Crippen molar-refractivity contribution in [2.45, 2.75) is 32.7 Å². The van der Waals surface area contributed by atoms with Crippen molar-refractivity contribution >= 4 is 17.3 Å². The lowest BCUT2D eigenvalue weighted by molar-refractivity contribution is -0.384. The molecule has 7 heteroatoms. The zero-order valence-electron chi connectivity index (χ0n) is 11.2. The first-order chi connectivity index (χ1) is 9.02. The molecule has 1 aromatic heterocycles. The SMILES string of the molecule is CC(C)CN(c1nc(NN)ccc1[N+](=O)[O-])C1CC1. The van der Waals surface area contributed by atoms with E-state index in [2.05, 4.69) is 24.3 Å². The summed E-state index contributed by atoms with van der Waals surface area (Å²) in [5.74, 6) is 6.60. The van der Waals surface area contributed by atoms with Crippen molar-refractivity contribution in [3.63, 3.8) is 0 Å². The van der Waals surface area contributed by atoms with Gasteiger partial charge < -0.3 is 10.3 Å². The molecule has 1 fully saturated rings. The summed E-state index contributed by atoms with van der Waals surface area (Å²) in [6, 6.07) is 3.33. The zero-order chi connectivity index (χ0) is 14.0. The fourth-order valence-corrected chi connectivity index (χ4v) is 2.06. The van der Waals surface area contributed by atoms with E-state index >= 15 is 0 Å². The number of nitrogens with one attached hydrogen (secondary N) is 1. The van der Waals surface area contributed by atoms with Gasteiger partial charge in [0.1, 0.15) is 5.82 Å². The number of nitro groups is 1. The van der Waals surface area contributed by atoms with Gasteiger partial charge >= 0.3 is 5.69 Å². The van der Waals surface area contributed by atoms with E-state index < -0.39 is 4.92 Å². The van der Waals surface area contributed by atoms with Crippen LogP contribution in [0.2, 0.25) is 0 Å². The Labute approximate surface area is 111 Å². The summed E-state index contributed by atoms with van der Waals surface area (Å²) in [4.78, 5) is 17.1. The van der Waals surface area contributed by atoms with Crippen molar-refractivity contribution in [2.24, 2.45) is 11.8 Å². The van der Waals surface area contributed by atoms with Gasteiger partial charge in [-0.15, -0.1) is 0 Å². The molecule has 2 rings (SSSR count). The van der Waals surface area contributed by atoms with Gasteiger partial charge in [-0.2, -0.15) is 0 Å². The summed E-state index contributed by atoms with van der Waals surface area (Å²) in [5, 5.41) is 11.1. The van der Waals surface area contributed by atoms with Crippen LogP contribution in [-0.2, 0) is 0 Å². The lowest BCUT2D eigenvalue weighted by atomic mass is 10.2. The van der Waals surface area contributed by atoms with E-state index in [1.807, 2.05) is 4.90 Å². The Kier molecular flexibility index (Phi) is 3.84. The van der Waals surface area contributed by atoms with E-state index in [-0.39, 0.29) is 5.69 Å². The van der Waals surface area contributed by atoms with Crippen molar-refractivity contribution < 1.29 is 4.92 Å². The predicted molar refractivity (Wildman–Crippen MR) is 73.9 cm³/mol. The van der Waals surface area contributed by atoms with Crippen LogP contribution in [-0.4, -0.2) is 22.5 Å². The number of nitrogens with zero attached hydrogens (tertiary/aromatic N) is 3. The lowest BCUT2D eigenvalue weighted by Crippen LogP contribution is -2.31. The van der Waals surface area contributed by atoms with Gasteiger partial charge in [-0.25, -0.2) is 10.8 Å². The fraction of sp³-hybridized carbons (Fsp3) is 0.583. The van der Waals surface area contributed by atoms with Crippen LogP contribution in [0.25, 0.3) is 0 Å². The molecule has 1 aliphatic carbocycles. The van der Waals surface area contributed by atoms with E-state index in [4.69, 9.17) is 5.84 Å². The van der Waals surface area contributed by atoms with Gasteiger partial charge in [0.15, 0.2) is 0 Å². The molecule has 1 aromatic rings. The summed E-state index contributed by atoms with van der Waals surface area (Å²) < 4.78 is 0. The highest BCUT2D eigenvalue weighted by Crippen LogP contribution is 2.36. The Balaban J connectivity index is 2.40. The van der Waals surface area contributed by atoms with E-state index in [0.29, 0.717) is 23.6 Å².